The zero-order chi connectivity index (χ0) is 39.9. The van der Waals surface area contributed by atoms with Gasteiger partial charge in [0.2, 0.25) is 0 Å². The summed E-state index contributed by atoms with van der Waals surface area (Å²) in [5.74, 6) is -1.59. The van der Waals surface area contributed by atoms with E-state index in [2.05, 4.69) is 15.0 Å². The molecule has 298 valence electrons. The van der Waals surface area contributed by atoms with E-state index in [0.717, 1.165) is 5.56 Å². The number of ether oxygens (including phenoxy) is 1. The van der Waals surface area contributed by atoms with Gasteiger partial charge in [0.1, 0.15) is 18.5 Å². The first-order valence-corrected chi connectivity index (χ1v) is 17.9. The number of carbonyl (C=O) groups is 2. The van der Waals surface area contributed by atoms with E-state index in [4.69, 9.17) is 25.6 Å². The maximum absolute atomic E-state index is 14.2. The molecule has 0 saturated heterocycles. The van der Waals surface area contributed by atoms with Crippen molar-refractivity contribution in [1.29, 1.82) is 0 Å². The SMILES string of the molecule is CC(C)c1c(C(=O)Nc2ccccc2)c(-c2ccccc2)c(-c2ccc(F)cc2)n1CC[C@@H](O)C[C@@H](O)CC(=O)OCCCC[C@H](CON(O)O)ON(O)O. The minimum Gasteiger partial charge on any atom is -0.466 e. The molecule has 0 aliphatic heterocycles. The van der Waals surface area contributed by atoms with E-state index in [9.17, 15) is 24.2 Å². The Kier molecular flexibility index (Phi) is 16.9. The first-order valence-electron chi connectivity index (χ1n) is 17.9. The van der Waals surface area contributed by atoms with E-state index in [0.29, 0.717) is 46.6 Å². The van der Waals surface area contributed by atoms with E-state index in [1.165, 1.54) is 12.1 Å². The summed E-state index contributed by atoms with van der Waals surface area (Å²) in [4.78, 5) is 35.8. The topological polar surface area (TPSA) is 207 Å². The largest absolute Gasteiger partial charge is 0.466 e. The van der Waals surface area contributed by atoms with Crippen LogP contribution < -0.4 is 5.32 Å². The number of nitrogens with one attached hydrogen (secondary N) is 1. The summed E-state index contributed by atoms with van der Waals surface area (Å²) >= 11 is 0. The fraction of sp³-hybridized carbons (Fsp3) is 0.385. The molecule has 15 nitrogen and oxygen atoms in total. The quantitative estimate of drug-likeness (QED) is 0.0265. The Balaban J connectivity index is 1.48. The number of rotatable bonds is 22. The van der Waals surface area contributed by atoms with Crippen molar-refractivity contribution in [2.45, 2.75) is 83.1 Å². The molecular weight excluding hydrogens is 719 g/mol. The van der Waals surface area contributed by atoms with Gasteiger partial charge in [-0.2, -0.15) is 0 Å². The second-order valence-corrected chi connectivity index (χ2v) is 13.3. The minimum absolute atomic E-state index is 0.0164. The van der Waals surface area contributed by atoms with Gasteiger partial charge in [-0.3, -0.25) is 30.4 Å². The van der Waals surface area contributed by atoms with Crippen LogP contribution in [0.15, 0.2) is 84.9 Å². The number of carbonyl (C=O) groups excluding carboxylic acids is 2. The second-order valence-electron chi connectivity index (χ2n) is 13.3. The van der Waals surface area contributed by atoms with Crippen LogP contribution in [0.5, 0.6) is 0 Å². The van der Waals surface area contributed by atoms with Crippen molar-refractivity contribution in [1.82, 2.24) is 15.3 Å². The summed E-state index contributed by atoms with van der Waals surface area (Å²) in [6.45, 7) is 3.73. The van der Waals surface area contributed by atoms with Gasteiger partial charge in [-0.05, 0) is 85.5 Å². The number of halogens is 1. The molecule has 0 aliphatic rings. The fourth-order valence-electron chi connectivity index (χ4n) is 6.36. The number of amides is 1. The Labute approximate surface area is 318 Å². The molecule has 0 radical (unpaired) electrons. The average molecular weight is 769 g/mol. The lowest BCUT2D eigenvalue weighted by molar-refractivity contribution is -0.527. The van der Waals surface area contributed by atoms with Crippen molar-refractivity contribution in [2.75, 3.05) is 18.5 Å². The number of aliphatic hydroxyl groups is 2. The van der Waals surface area contributed by atoms with Crippen LogP contribution in [0, 0.1) is 5.82 Å². The molecule has 0 saturated carbocycles. The number of unbranched alkanes of at least 4 members (excludes halogenated alkanes) is 1. The highest BCUT2D eigenvalue weighted by Gasteiger charge is 2.31. The van der Waals surface area contributed by atoms with Gasteiger partial charge in [0.15, 0.2) is 0 Å². The van der Waals surface area contributed by atoms with E-state index in [-0.39, 0.29) is 50.7 Å². The molecule has 4 rings (SSSR count). The molecule has 0 aliphatic carbocycles. The van der Waals surface area contributed by atoms with Gasteiger partial charge in [-0.15, -0.1) is 0 Å². The first-order chi connectivity index (χ1) is 26.3. The Morgan fingerprint density at radius 2 is 1.47 bits per heavy atom. The van der Waals surface area contributed by atoms with Crippen molar-refractivity contribution in [2.24, 2.45) is 0 Å². The first kappa shape index (κ1) is 43.1. The molecule has 55 heavy (non-hydrogen) atoms. The third-order valence-corrected chi connectivity index (χ3v) is 8.72. The molecule has 0 fully saturated rings. The van der Waals surface area contributed by atoms with Crippen molar-refractivity contribution in [3.63, 3.8) is 0 Å². The zero-order valence-corrected chi connectivity index (χ0v) is 30.7. The number of aliphatic hydroxyl groups excluding tert-OH is 2. The summed E-state index contributed by atoms with van der Waals surface area (Å²) in [5.41, 5.74) is 4.54. The van der Waals surface area contributed by atoms with E-state index < -0.39 is 47.5 Å². The molecular formula is C39H49FN4O11. The standard InChI is InChI=1S/C39H49FN4O11/c1-26(2)37-36(39(48)41-30-13-7-4-8-14-30)35(27-11-5-3-6-12-27)38(28-16-18-29(40)19-17-28)42(37)21-20-31(45)23-32(46)24-34(47)53-22-10-9-15-33(55-44(51)52)25-54-43(49)50/h3-8,11-14,16-19,26,31-33,45-46,49-52H,9-10,15,20-25H2,1-2H3,(H,41,48)/t31-,32-,33-/m1/s1. The maximum atomic E-state index is 14.2. The van der Waals surface area contributed by atoms with Crippen LogP contribution in [0.1, 0.15) is 74.3 Å². The highest BCUT2D eigenvalue weighted by Crippen LogP contribution is 2.42. The second kappa shape index (κ2) is 21.5. The molecule has 4 aromatic rings. The Morgan fingerprint density at radius 3 is 2.09 bits per heavy atom. The minimum atomic E-state index is -1.21. The van der Waals surface area contributed by atoms with Crippen molar-refractivity contribution in [3.8, 4) is 22.4 Å². The van der Waals surface area contributed by atoms with Gasteiger partial charge >= 0.3 is 5.97 Å². The van der Waals surface area contributed by atoms with E-state index >= 15 is 0 Å². The third kappa shape index (κ3) is 13.3. The third-order valence-electron chi connectivity index (χ3n) is 8.72. The molecule has 1 aromatic heterocycles. The summed E-state index contributed by atoms with van der Waals surface area (Å²) in [6, 6.07) is 24.6. The van der Waals surface area contributed by atoms with Crippen LogP contribution in [0.4, 0.5) is 10.1 Å². The highest BCUT2D eigenvalue weighted by molar-refractivity contribution is 6.12. The zero-order valence-electron chi connectivity index (χ0n) is 30.7. The lowest BCUT2D eigenvalue weighted by atomic mass is 9.94. The molecule has 7 N–H and O–H groups in total. The molecule has 3 atom stereocenters. The molecule has 0 bridgehead atoms. The molecule has 1 amide bonds. The Bertz CT molecular complexity index is 1770. The average Bonchev–Trinajstić information content (AvgIpc) is 3.49. The van der Waals surface area contributed by atoms with E-state index in [1.807, 2.05) is 66.9 Å². The predicted molar refractivity (Wildman–Crippen MR) is 196 cm³/mol. The summed E-state index contributed by atoms with van der Waals surface area (Å²) in [6.07, 6.45) is -2.69. The lowest BCUT2D eigenvalue weighted by Crippen LogP contribution is -2.31. The van der Waals surface area contributed by atoms with Gasteiger partial charge in [-0.25, -0.2) is 14.1 Å². The van der Waals surface area contributed by atoms with Crippen LogP contribution in [-0.2, 0) is 25.8 Å². The van der Waals surface area contributed by atoms with Crippen molar-refractivity contribution in [3.05, 3.63) is 102 Å². The smallest absolute Gasteiger partial charge is 0.308 e. The van der Waals surface area contributed by atoms with Crippen LogP contribution in [0.25, 0.3) is 22.4 Å². The highest BCUT2D eigenvalue weighted by atomic mass is 19.1. The van der Waals surface area contributed by atoms with Gasteiger partial charge < -0.3 is 24.8 Å². The molecule has 16 heteroatoms. The van der Waals surface area contributed by atoms with Crippen LogP contribution in [-0.4, -0.2) is 89.8 Å². The molecule has 0 spiro atoms. The number of nitrogens with zero attached hydrogens (tertiary/aromatic N) is 3. The lowest BCUT2D eigenvalue weighted by Gasteiger charge is -2.20. The van der Waals surface area contributed by atoms with Gasteiger partial charge in [0, 0.05) is 23.5 Å². The van der Waals surface area contributed by atoms with Gasteiger partial charge in [0.05, 0.1) is 47.3 Å². The number of esters is 1. The van der Waals surface area contributed by atoms with Gasteiger partial charge in [0.25, 0.3) is 5.91 Å². The van der Waals surface area contributed by atoms with Crippen LogP contribution >= 0.6 is 0 Å². The Hall–Kier alpha value is -4.59. The van der Waals surface area contributed by atoms with Gasteiger partial charge in [-0.1, -0.05) is 62.4 Å². The number of hydrogen-bond acceptors (Lipinski definition) is 13. The van der Waals surface area contributed by atoms with E-state index in [1.54, 1.807) is 24.3 Å². The summed E-state index contributed by atoms with van der Waals surface area (Å²) in [7, 11) is 0. The summed E-state index contributed by atoms with van der Waals surface area (Å²) < 4.78 is 21.4. The van der Waals surface area contributed by atoms with Crippen LogP contribution in [0.3, 0.4) is 0 Å². The monoisotopic (exact) mass is 768 g/mol. The number of benzene rings is 3. The predicted octanol–water partition coefficient (Wildman–Crippen LogP) is 6.34. The van der Waals surface area contributed by atoms with Crippen LogP contribution in [0.2, 0.25) is 0 Å². The number of aromatic nitrogens is 1. The molecule has 3 aromatic carbocycles. The number of hydrogen-bond donors (Lipinski definition) is 7. The maximum Gasteiger partial charge on any atom is 0.308 e. The van der Waals surface area contributed by atoms with Crippen molar-refractivity contribution >= 4 is 17.6 Å². The van der Waals surface area contributed by atoms with Crippen molar-refractivity contribution < 1.29 is 59.4 Å². The molecule has 0 unspecified atom stereocenters. The summed E-state index contributed by atoms with van der Waals surface area (Å²) in [5, 5.41) is 58.8. The number of anilines is 1. The molecule has 1 heterocycles. The number of para-hydroxylation sites is 1. The fourth-order valence-corrected chi connectivity index (χ4v) is 6.36. The normalized spacial score (nSPS) is 13.3. The Morgan fingerprint density at radius 1 is 0.818 bits per heavy atom.